The average molecular weight is 492 g/mol. The molecular formula is C28H25N7O2. The lowest BCUT2D eigenvalue weighted by Gasteiger charge is -2.16. The molecule has 1 saturated carbocycles. The van der Waals surface area contributed by atoms with Crippen LogP contribution < -0.4 is 15.8 Å². The van der Waals surface area contributed by atoms with E-state index in [1.54, 1.807) is 37.8 Å². The molecule has 6 rings (SSSR count). The van der Waals surface area contributed by atoms with Crippen molar-refractivity contribution in [1.29, 1.82) is 0 Å². The van der Waals surface area contributed by atoms with Gasteiger partial charge in [0.05, 0.1) is 41.0 Å². The van der Waals surface area contributed by atoms with Crippen molar-refractivity contribution in [3.8, 4) is 17.3 Å². The topological polar surface area (TPSA) is 120 Å². The lowest BCUT2D eigenvalue weighted by molar-refractivity contribution is 0.102. The maximum absolute atomic E-state index is 12.8. The van der Waals surface area contributed by atoms with Crippen LogP contribution in [-0.2, 0) is 5.41 Å². The molecule has 3 aromatic heterocycles. The van der Waals surface area contributed by atoms with Crippen LogP contribution in [0, 0.1) is 6.92 Å². The van der Waals surface area contributed by atoms with Gasteiger partial charge in [0.15, 0.2) is 0 Å². The van der Waals surface area contributed by atoms with Crippen LogP contribution in [0.5, 0.6) is 5.88 Å². The van der Waals surface area contributed by atoms with Crippen molar-refractivity contribution in [2.24, 2.45) is 0 Å². The summed E-state index contributed by atoms with van der Waals surface area (Å²) in [5.41, 5.74) is 11.7. The van der Waals surface area contributed by atoms with Crippen LogP contribution in [0.4, 0.5) is 11.4 Å². The first-order valence-corrected chi connectivity index (χ1v) is 12.0. The highest BCUT2D eigenvalue weighted by Crippen LogP contribution is 2.52. The van der Waals surface area contributed by atoms with Crippen molar-refractivity contribution in [3.05, 3.63) is 95.8 Å². The van der Waals surface area contributed by atoms with Gasteiger partial charge in [-0.05, 0) is 55.7 Å². The molecule has 184 valence electrons. The Morgan fingerprint density at radius 2 is 1.84 bits per heavy atom. The van der Waals surface area contributed by atoms with Crippen LogP contribution >= 0.6 is 0 Å². The molecule has 9 heteroatoms. The summed E-state index contributed by atoms with van der Waals surface area (Å²) >= 11 is 0. The summed E-state index contributed by atoms with van der Waals surface area (Å²) in [5, 5.41) is 2.87. The van der Waals surface area contributed by atoms with Gasteiger partial charge in [-0.2, -0.15) is 0 Å². The van der Waals surface area contributed by atoms with Gasteiger partial charge in [0.2, 0.25) is 5.88 Å². The first kappa shape index (κ1) is 22.7. The quantitative estimate of drug-likeness (QED) is 0.337. The number of nitrogens with one attached hydrogen (secondary N) is 1. The maximum atomic E-state index is 12.8. The molecule has 0 unspecified atom stereocenters. The zero-order valence-corrected chi connectivity index (χ0v) is 20.5. The van der Waals surface area contributed by atoms with Gasteiger partial charge in [-0.25, -0.2) is 19.9 Å². The normalized spacial score (nSPS) is 13.9. The number of amides is 1. The number of carbonyl (C=O) groups is 1. The van der Waals surface area contributed by atoms with E-state index in [2.05, 4.69) is 20.3 Å². The largest absolute Gasteiger partial charge is 0.481 e. The highest BCUT2D eigenvalue weighted by molar-refractivity contribution is 6.05. The van der Waals surface area contributed by atoms with E-state index in [0.29, 0.717) is 22.8 Å². The number of aromatic nitrogens is 5. The molecule has 0 radical (unpaired) electrons. The molecule has 0 bridgehead atoms. The standard InChI is InChI=1S/C28H25N7O2/c1-17-25(35-16-31-24(37-2)15-23(35)32-17)22-11-14-30-27(34-22)28(12-13-28)19-9-7-18(8-10-19)26(36)33-21-6-4-3-5-20(21)29/h3-11,14-16H,12-13,29H2,1-2H3,(H,33,36). The molecule has 0 aliphatic heterocycles. The molecule has 1 amide bonds. The number of carbonyl (C=O) groups excluding carboxylic acids is 1. The predicted octanol–water partition coefficient (Wildman–Crippen LogP) is 4.42. The molecule has 0 atom stereocenters. The maximum Gasteiger partial charge on any atom is 0.255 e. The third kappa shape index (κ3) is 3.94. The second kappa shape index (κ2) is 8.70. The van der Waals surface area contributed by atoms with E-state index in [0.717, 1.165) is 47.0 Å². The van der Waals surface area contributed by atoms with Gasteiger partial charge in [-0.1, -0.05) is 24.3 Å². The zero-order chi connectivity index (χ0) is 25.6. The Morgan fingerprint density at radius 1 is 1.05 bits per heavy atom. The third-order valence-electron chi connectivity index (χ3n) is 6.86. The van der Waals surface area contributed by atoms with Crippen molar-refractivity contribution in [2.75, 3.05) is 18.2 Å². The monoisotopic (exact) mass is 491 g/mol. The Kier molecular flexibility index (Phi) is 5.33. The Balaban J connectivity index is 1.29. The van der Waals surface area contributed by atoms with Crippen LogP contribution in [-0.4, -0.2) is 37.4 Å². The van der Waals surface area contributed by atoms with Gasteiger partial charge in [0.25, 0.3) is 5.91 Å². The van der Waals surface area contributed by atoms with E-state index in [1.165, 1.54) is 0 Å². The number of nitrogens with two attached hydrogens (primary N) is 1. The fourth-order valence-corrected chi connectivity index (χ4v) is 4.70. The third-order valence-corrected chi connectivity index (χ3v) is 6.86. The molecule has 1 fully saturated rings. The number of fused-ring (bicyclic) bond motifs is 1. The molecule has 9 nitrogen and oxygen atoms in total. The van der Waals surface area contributed by atoms with Crippen LogP contribution in [0.2, 0.25) is 0 Å². The van der Waals surface area contributed by atoms with Crippen LogP contribution in [0.1, 0.15) is 40.3 Å². The van der Waals surface area contributed by atoms with Gasteiger partial charge in [-0.15, -0.1) is 0 Å². The molecule has 37 heavy (non-hydrogen) atoms. The zero-order valence-electron chi connectivity index (χ0n) is 20.5. The molecule has 0 spiro atoms. The summed E-state index contributed by atoms with van der Waals surface area (Å²) in [7, 11) is 1.58. The van der Waals surface area contributed by atoms with Gasteiger partial charge in [0.1, 0.15) is 17.8 Å². The van der Waals surface area contributed by atoms with Crippen LogP contribution in [0.3, 0.4) is 0 Å². The number of anilines is 2. The van der Waals surface area contributed by atoms with Crippen molar-refractivity contribution in [2.45, 2.75) is 25.2 Å². The summed E-state index contributed by atoms with van der Waals surface area (Å²) in [6, 6.07) is 18.5. The first-order valence-electron chi connectivity index (χ1n) is 12.0. The van der Waals surface area contributed by atoms with Gasteiger partial charge < -0.3 is 15.8 Å². The Bertz CT molecular complexity index is 1640. The van der Waals surface area contributed by atoms with E-state index >= 15 is 0 Å². The smallest absolute Gasteiger partial charge is 0.255 e. The second-order valence-electron chi connectivity index (χ2n) is 9.17. The number of aryl methyl sites for hydroxylation is 1. The number of methoxy groups -OCH3 is 1. The highest BCUT2D eigenvalue weighted by atomic mass is 16.5. The lowest BCUT2D eigenvalue weighted by atomic mass is 9.93. The van der Waals surface area contributed by atoms with E-state index in [4.69, 9.17) is 15.5 Å². The fraction of sp³-hybridized carbons (Fsp3) is 0.179. The fourth-order valence-electron chi connectivity index (χ4n) is 4.70. The average Bonchev–Trinajstić information content (AvgIpc) is 3.67. The molecule has 1 aliphatic carbocycles. The van der Waals surface area contributed by atoms with E-state index in [-0.39, 0.29) is 11.3 Å². The number of hydrogen-bond acceptors (Lipinski definition) is 7. The molecule has 0 saturated heterocycles. The van der Waals surface area contributed by atoms with Crippen molar-refractivity contribution in [1.82, 2.24) is 24.3 Å². The Hall–Kier alpha value is -4.79. The highest BCUT2D eigenvalue weighted by Gasteiger charge is 2.48. The minimum absolute atomic E-state index is 0.208. The van der Waals surface area contributed by atoms with Gasteiger partial charge in [0, 0.05) is 17.8 Å². The van der Waals surface area contributed by atoms with E-state index in [9.17, 15) is 4.79 Å². The number of benzene rings is 2. The molecule has 1 aliphatic rings. The van der Waals surface area contributed by atoms with Crippen LogP contribution in [0.15, 0.2) is 73.2 Å². The second-order valence-corrected chi connectivity index (χ2v) is 9.17. The van der Waals surface area contributed by atoms with Gasteiger partial charge >= 0.3 is 0 Å². The number of hydrogen-bond donors (Lipinski definition) is 2. The molecule has 3 N–H and O–H groups in total. The van der Waals surface area contributed by atoms with Crippen molar-refractivity contribution in [3.63, 3.8) is 0 Å². The predicted molar refractivity (Wildman–Crippen MR) is 141 cm³/mol. The van der Waals surface area contributed by atoms with E-state index in [1.807, 2.05) is 53.8 Å². The van der Waals surface area contributed by atoms with E-state index < -0.39 is 0 Å². The van der Waals surface area contributed by atoms with Crippen molar-refractivity contribution < 1.29 is 9.53 Å². The number of rotatable bonds is 6. The summed E-state index contributed by atoms with van der Waals surface area (Å²) in [6.45, 7) is 1.95. The summed E-state index contributed by atoms with van der Waals surface area (Å²) in [6.07, 6.45) is 5.37. The minimum Gasteiger partial charge on any atom is -0.481 e. The van der Waals surface area contributed by atoms with Crippen LogP contribution in [0.25, 0.3) is 17.0 Å². The number of nitrogen functional groups attached to an aromatic ring is 1. The SMILES string of the molecule is COc1cc2nc(C)c(-c3ccnc(C4(c5ccc(C(=O)Nc6ccccc6N)cc5)CC4)n3)n2cn1. The number of nitrogens with zero attached hydrogens (tertiary/aromatic N) is 5. The summed E-state index contributed by atoms with van der Waals surface area (Å²) < 4.78 is 7.15. The summed E-state index contributed by atoms with van der Waals surface area (Å²) in [4.78, 5) is 31.4. The molecule has 2 aromatic carbocycles. The number of imidazole rings is 1. The van der Waals surface area contributed by atoms with Crippen molar-refractivity contribution >= 4 is 22.9 Å². The molecular weight excluding hydrogens is 466 g/mol. The van der Waals surface area contributed by atoms with Gasteiger partial charge in [-0.3, -0.25) is 9.20 Å². The number of para-hydroxylation sites is 2. The first-order chi connectivity index (χ1) is 18.0. The Labute approximate surface area is 213 Å². The number of ether oxygens (including phenoxy) is 1. The lowest BCUT2D eigenvalue weighted by Crippen LogP contribution is -2.16. The minimum atomic E-state index is -0.273. The Morgan fingerprint density at radius 3 is 2.57 bits per heavy atom. The molecule has 5 aromatic rings. The molecule has 3 heterocycles. The summed E-state index contributed by atoms with van der Waals surface area (Å²) in [5.74, 6) is 1.06.